The van der Waals surface area contributed by atoms with Gasteiger partial charge in [0.2, 0.25) is 0 Å². The number of Topliss-reactive ketones (excluding diaryl/α,β-unsaturated/α-hetero) is 1. The second-order valence-corrected chi connectivity index (χ2v) is 5.42. The summed E-state index contributed by atoms with van der Waals surface area (Å²) in [4.78, 5) is 12.1. The minimum absolute atomic E-state index is 0.118. The highest BCUT2D eigenvalue weighted by Gasteiger charge is 2.32. The first kappa shape index (κ1) is 12.5. The molecule has 15 heavy (non-hydrogen) atoms. The number of hydrogen-bond donors (Lipinski definition) is 0. The van der Waals surface area contributed by atoms with E-state index < -0.39 is 0 Å². The van der Waals surface area contributed by atoms with Crippen LogP contribution in [0.2, 0.25) is 0 Å². The van der Waals surface area contributed by atoms with Crippen molar-refractivity contribution in [1.82, 2.24) is 0 Å². The van der Waals surface area contributed by atoms with E-state index in [0.29, 0.717) is 5.78 Å². The minimum Gasteiger partial charge on any atom is -0.295 e. The van der Waals surface area contributed by atoms with E-state index in [1.807, 2.05) is 0 Å². The van der Waals surface area contributed by atoms with Crippen LogP contribution in [0.25, 0.3) is 0 Å². The van der Waals surface area contributed by atoms with Crippen LogP contribution in [-0.4, -0.2) is 5.78 Å². The lowest BCUT2D eigenvalue weighted by Gasteiger charge is -2.33. The Morgan fingerprint density at radius 3 is 2.60 bits per heavy atom. The number of hydrogen-bond acceptors (Lipinski definition) is 1. The summed E-state index contributed by atoms with van der Waals surface area (Å²) in [5.41, 5.74) is 2.60. The average Bonchev–Trinajstić information content (AvgIpc) is 2.13. The molecule has 1 nitrogen and oxygen atoms in total. The Balaban J connectivity index is 2.83. The van der Waals surface area contributed by atoms with Crippen LogP contribution >= 0.6 is 0 Å². The van der Waals surface area contributed by atoms with Crippen molar-refractivity contribution >= 4 is 5.78 Å². The maximum Gasteiger partial charge on any atom is 0.159 e. The van der Waals surface area contributed by atoms with Gasteiger partial charge in [-0.15, -0.1) is 0 Å². The Labute approximate surface area is 93.9 Å². The number of carbonyl (C=O) groups is 1. The van der Waals surface area contributed by atoms with E-state index in [-0.39, 0.29) is 5.41 Å². The first-order chi connectivity index (χ1) is 6.99. The summed E-state index contributed by atoms with van der Waals surface area (Å²) in [6, 6.07) is 0. The monoisotopic (exact) mass is 208 g/mol. The van der Waals surface area contributed by atoms with Crippen molar-refractivity contribution in [2.45, 2.75) is 66.2 Å². The Morgan fingerprint density at radius 2 is 2.07 bits per heavy atom. The van der Waals surface area contributed by atoms with Gasteiger partial charge >= 0.3 is 0 Å². The van der Waals surface area contributed by atoms with E-state index in [1.165, 1.54) is 12.0 Å². The molecule has 0 radical (unpaired) electrons. The molecule has 1 heteroatoms. The fraction of sp³-hybridized carbons (Fsp3) is 0.786. The largest absolute Gasteiger partial charge is 0.295 e. The molecule has 1 aliphatic rings. The molecule has 0 atom stereocenters. The highest BCUT2D eigenvalue weighted by molar-refractivity contribution is 5.97. The zero-order valence-corrected chi connectivity index (χ0v) is 10.7. The molecule has 0 saturated carbocycles. The fourth-order valence-corrected chi connectivity index (χ4v) is 2.70. The normalized spacial score (nSPS) is 20.5. The lowest BCUT2D eigenvalue weighted by molar-refractivity contribution is -0.116. The van der Waals surface area contributed by atoms with Crippen molar-refractivity contribution < 1.29 is 4.79 Å². The van der Waals surface area contributed by atoms with Crippen LogP contribution in [0.15, 0.2) is 11.1 Å². The summed E-state index contributed by atoms with van der Waals surface area (Å²) < 4.78 is 0. The molecule has 0 heterocycles. The topological polar surface area (TPSA) is 17.1 Å². The Hall–Kier alpha value is -0.590. The van der Waals surface area contributed by atoms with Gasteiger partial charge in [0.05, 0.1) is 0 Å². The van der Waals surface area contributed by atoms with Gasteiger partial charge in [0.15, 0.2) is 5.78 Å². The van der Waals surface area contributed by atoms with E-state index in [9.17, 15) is 4.79 Å². The van der Waals surface area contributed by atoms with Crippen LogP contribution in [-0.2, 0) is 4.79 Å². The second kappa shape index (κ2) is 4.96. The van der Waals surface area contributed by atoms with Crippen LogP contribution in [0.5, 0.6) is 0 Å². The number of allylic oxidation sites excluding steroid dienone is 2. The van der Waals surface area contributed by atoms with E-state index in [4.69, 9.17) is 0 Å². The van der Waals surface area contributed by atoms with Crippen LogP contribution in [0.4, 0.5) is 0 Å². The molecule has 86 valence electrons. The highest BCUT2D eigenvalue weighted by atomic mass is 16.1. The summed E-state index contributed by atoms with van der Waals surface area (Å²) in [5.74, 6) is 0.402. The van der Waals surface area contributed by atoms with Crippen LogP contribution < -0.4 is 0 Å². The van der Waals surface area contributed by atoms with Gasteiger partial charge in [0.1, 0.15) is 0 Å². The molecule has 1 rings (SSSR count). The van der Waals surface area contributed by atoms with Crippen LogP contribution in [0.3, 0.4) is 0 Å². The fourth-order valence-electron chi connectivity index (χ4n) is 2.70. The van der Waals surface area contributed by atoms with E-state index in [1.54, 1.807) is 0 Å². The van der Waals surface area contributed by atoms with Crippen molar-refractivity contribution in [3.05, 3.63) is 11.1 Å². The standard InChI is InChI=1S/C14H24O/c1-5-6-9-12(15)13-11(2)8-7-10-14(13,3)4/h5-10H2,1-4H3. The molecule has 0 aromatic carbocycles. The SMILES string of the molecule is CCCCC(=O)C1=C(C)CCCC1(C)C. The predicted octanol–water partition coefficient (Wildman–Crippen LogP) is 4.27. The second-order valence-electron chi connectivity index (χ2n) is 5.42. The van der Waals surface area contributed by atoms with Gasteiger partial charge in [-0.05, 0) is 43.6 Å². The van der Waals surface area contributed by atoms with Crippen molar-refractivity contribution in [2.24, 2.45) is 5.41 Å². The van der Waals surface area contributed by atoms with E-state index >= 15 is 0 Å². The van der Waals surface area contributed by atoms with Crippen molar-refractivity contribution in [1.29, 1.82) is 0 Å². The summed E-state index contributed by atoms with van der Waals surface area (Å²) >= 11 is 0. The molecular weight excluding hydrogens is 184 g/mol. The van der Waals surface area contributed by atoms with Gasteiger partial charge in [-0.25, -0.2) is 0 Å². The lowest BCUT2D eigenvalue weighted by Crippen LogP contribution is -2.26. The first-order valence-corrected chi connectivity index (χ1v) is 6.22. The molecule has 1 aliphatic carbocycles. The zero-order chi connectivity index (χ0) is 11.5. The summed E-state index contributed by atoms with van der Waals surface area (Å²) in [5, 5.41) is 0. The molecule has 0 amide bonds. The lowest BCUT2D eigenvalue weighted by atomic mass is 9.70. The Morgan fingerprint density at radius 1 is 1.40 bits per heavy atom. The van der Waals surface area contributed by atoms with Crippen molar-refractivity contribution in [3.63, 3.8) is 0 Å². The van der Waals surface area contributed by atoms with Gasteiger partial charge in [-0.2, -0.15) is 0 Å². The molecule has 0 unspecified atom stereocenters. The van der Waals surface area contributed by atoms with Gasteiger partial charge in [-0.3, -0.25) is 4.79 Å². The number of unbranched alkanes of at least 4 members (excludes halogenated alkanes) is 1. The van der Waals surface area contributed by atoms with E-state index in [2.05, 4.69) is 27.7 Å². The minimum atomic E-state index is 0.118. The maximum absolute atomic E-state index is 12.1. The predicted molar refractivity (Wildman–Crippen MR) is 64.9 cm³/mol. The highest BCUT2D eigenvalue weighted by Crippen LogP contribution is 2.41. The van der Waals surface area contributed by atoms with Crippen molar-refractivity contribution in [2.75, 3.05) is 0 Å². The first-order valence-electron chi connectivity index (χ1n) is 6.22. The third-order valence-electron chi connectivity index (χ3n) is 3.49. The zero-order valence-electron chi connectivity index (χ0n) is 10.7. The van der Waals surface area contributed by atoms with Gasteiger partial charge < -0.3 is 0 Å². The Kier molecular flexibility index (Phi) is 4.12. The number of ketones is 1. The molecule has 0 aromatic heterocycles. The third-order valence-corrected chi connectivity index (χ3v) is 3.49. The van der Waals surface area contributed by atoms with Crippen LogP contribution in [0.1, 0.15) is 66.2 Å². The molecule has 0 aliphatic heterocycles. The van der Waals surface area contributed by atoms with Crippen LogP contribution in [0, 0.1) is 5.41 Å². The van der Waals surface area contributed by atoms with Gasteiger partial charge in [-0.1, -0.05) is 32.8 Å². The summed E-state index contributed by atoms with van der Waals surface area (Å²) in [7, 11) is 0. The molecule has 0 spiro atoms. The number of rotatable bonds is 4. The van der Waals surface area contributed by atoms with Gasteiger partial charge in [0.25, 0.3) is 0 Å². The smallest absolute Gasteiger partial charge is 0.159 e. The molecule has 0 fully saturated rings. The molecule has 0 bridgehead atoms. The number of carbonyl (C=O) groups excluding carboxylic acids is 1. The van der Waals surface area contributed by atoms with Gasteiger partial charge in [0, 0.05) is 6.42 Å². The molecule has 0 saturated heterocycles. The molecular formula is C14H24O. The Bertz CT molecular complexity index is 271. The quantitative estimate of drug-likeness (QED) is 0.674. The molecule has 0 aromatic rings. The molecule has 0 N–H and O–H groups in total. The summed E-state index contributed by atoms with van der Waals surface area (Å²) in [6.07, 6.45) is 6.41. The average molecular weight is 208 g/mol. The van der Waals surface area contributed by atoms with E-state index in [0.717, 1.165) is 37.7 Å². The third kappa shape index (κ3) is 2.93. The van der Waals surface area contributed by atoms with Crippen molar-refractivity contribution in [3.8, 4) is 0 Å². The maximum atomic E-state index is 12.1. The summed E-state index contributed by atoms with van der Waals surface area (Å²) in [6.45, 7) is 8.71.